The first-order valence-electron chi connectivity index (χ1n) is 11.1. The van der Waals surface area contributed by atoms with Crippen LogP contribution >= 0.6 is 11.8 Å². The van der Waals surface area contributed by atoms with E-state index in [0.29, 0.717) is 17.3 Å². The molecule has 1 N–H and O–H groups in total. The molecule has 0 saturated heterocycles. The Balaban J connectivity index is 1.51. The molecular formula is C27H27N3O4S. The third kappa shape index (κ3) is 6.22. The zero-order valence-corrected chi connectivity index (χ0v) is 20.9. The quantitative estimate of drug-likeness (QED) is 0.286. The molecule has 1 heterocycles. The van der Waals surface area contributed by atoms with Crippen molar-refractivity contribution in [3.8, 4) is 11.5 Å². The molecule has 3 aromatic carbocycles. The van der Waals surface area contributed by atoms with Crippen molar-refractivity contribution in [3.63, 3.8) is 0 Å². The summed E-state index contributed by atoms with van der Waals surface area (Å²) in [6, 6.07) is 21.1. The van der Waals surface area contributed by atoms with Gasteiger partial charge >= 0.3 is 0 Å². The van der Waals surface area contributed by atoms with Gasteiger partial charge in [0.1, 0.15) is 16.7 Å². The molecule has 4 aromatic rings. The zero-order chi connectivity index (χ0) is 24.8. The summed E-state index contributed by atoms with van der Waals surface area (Å²) in [5.74, 6) is 1.47. The van der Waals surface area contributed by atoms with Crippen LogP contribution in [0, 0.1) is 20.8 Å². The highest BCUT2D eigenvalue weighted by molar-refractivity contribution is 8.00. The predicted octanol–water partition coefficient (Wildman–Crippen LogP) is 6.05. The minimum absolute atomic E-state index is 0.139. The highest BCUT2D eigenvalue weighted by atomic mass is 32.2. The summed E-state index contributed by atoms with van der Waals surface area (Å²) >= 11 is 1.19. The molecule has 35 heavy (non-hydrogen) atoms. The summed E-state index contributed by atoms with van der Waals surface area (Å²) in [5.41, 5.74) is 4.56. The van der Waals surface area contributed by atoms with Crippen molar-refractivity contribution in [2.75, 3.05) is 12.4 Å². The minimum Gasteiger partial charge on any atom is -0.495 e. The molecule has 4 rings (SSSR count). The molecule has 1 unspecified atom stereocenters. The standard InChI is InChI=1S/C27H27N3O4S/c1-17-11-13-22(32-4)21(14-17)28-26(31)25(20-8-6-5-7-9-20)35-27-30-29-24(34-27)16-33-23-15-18(2)10-12-19(23)3/h5-15,25H,16H2,1-4H3,(H,28,31). The van der Waals surface area contributed by atoms with Gasteiger partial charge in [0.2, 0.25) is 5.91 Å². The monoisotopic (exact) mass is 489 g/mol. The number of rotatable bonds is 9. The fourth-order valence-corrected chi connectivity index (χ4v) is 4.36. The van der Waals surface area contributed by atoms with Crippen LogP contribution in [0.2, 0.25) is 0 Å². The summed E-state index contributed by atoms with van der Waals surface area (Å²) in [7, 11) is 1.57. The number of carbonyl (C=O) groups excluding carboxylic acids is 1. The summed E-state index contributed by atoms with van der Waals surface area (Å²) < 4.78 is 17.1. The van der Waals surface area contributed by atoms with E-state index in [9.17, 15) is 4.79 Å². The number of anilines is 1. The van der Waals surface area contributed by atoms with E-state index >= 15 is 0 Å². The van der Waals surface area contributed by atoms with Gasteiger partial charge in [-0.15, -0.1) is 10.2 Å². The number of hydrogen-bond acceptors (Lipinski definition) is 7. The second-order valence-corrected chi connectivity index (χ2v) is 9.18. The summed E-state index contributed by atoms with van der Waals surface area (Å²) in [4.78, 5) is 13.4. The molecule has 0 spiro atoms. The van der Waals surface area contributed by atoms with Crippen LogP contribution in [-0.2, 0) is 11.4 Å². The highest BCUT2D eigenvalue weighted by Gasteiger charge is 2.26. The van der Waals surface area contributed by atoms with Crippen LogP contribution < -0.4 is 14.8 Å². The van der Waals surface area contributed by atoms with Gasteiger partial charge in [0.15, 0.2) is 6.61 Å². The Morgan fingerprint density at radius 1 is 0.971 bits per heavy atom. The van der Waals surface area contributed by atoms with Crippen molar-refractivity contribution >= 4 is 23.4 Å². The van der Waals surface area contributed by atoms with E-state index in [0.717, 1.165) is 28.0 Å². The van der Waals surface area contributed by atoms with Gasteiger partial charge in [-0.25, -0.2) is 0 Å². The minimum atomic E-state index is -0.616. The maximum atomic E-state index is 13.4. The van der Waals surface area contributed by atoms with E-state index < -0.39 is 5.25 Å². The number of benzene rings is 3. The number of hydrogen-bond donors (Lipinski definition) is 1. The van der Waals surface area contributed by atoms with Gasteiger partial charge in [-0.2, -0.15) is 0 Å². The van der Waals surface area contributed by atoms with Crippen LogP contribution in [0.4, 0.5) is 5.69 Å². The van der Waals surface area contributed by atoms with Gasteiger partial charge in [0.25, 0.3) is 11.1 Å². The van der Waals surface area contributed by atoms with Crippen LogP contribution in [-0.4, -0.2) is 23.2 Å². The second kappa shape index (κ2) is 11.1. The maximum Gasteiger partial charge on any atom is 0.277 e. The molecule has 0 aliphatic heterocycles. The van der Waals surface area contributed by atoms with E-state index in [4.69, 9.17) is 13.9 Å². The molecule has 0 saturated carbocycles. The maximum absolute atomic E-state index is 13.4. The Labute approximate surface area is 208 Å². The summed E-state index contributed by atoms with van der Waals surface area (Å²) in [6.45, 7) is 6.09. The average molecular weight is 490 g/mol. The van der Waals surface area contributed by atoms with Crippen molar-refractivity contribution in [2.45, 2.75) is 37.9 Å². The van der Waals surface area contributed by atoms with E-state index in [1.165, 1.54) is 11.8 Å². The van der Waals surface area contributed by atoms with Gasteiger partial charge in [-0.3, -0.25) is 4.79 Å². The van der Waals surface area contributed by atoms with Gasteiger partial charge in [0, 0.05) is 0 Å². The van der Waals surface area contributed by atoms with Crippen molar-refractivity contribution in [1.82, 2.24) is 10.2 Å². The molecule has 1 aromatic heterocycles. The second-order valence-electron chi connectivity index (χ2n) is 8.12. The van der Waals surface area contributed by atoms with E-state index in [1.807, 2.05) is 87.5 Å². The molecule has 180 valence electrons. The lowest BCUT2D eigenvalue weighted by Gasteiger charge is -2.17. The molecule has 0 fully saturated rings. The molecule has 1 atom stereocenters. The lowest BCUT2D eigenvalue weighted by atomic mass is 10.1. The van der Waals surface area contributed by atoms with Crippen LogP contribution in [0.1, 0.15) is 33.4 Å². The van der Waals surface area contributed by atoms with Gasteiger partial charge in [0.05, 0.1) is 12.8 Å². The van der Waals surface area contributed by atoms with Gasteiger partial charge in [-0.1, -0.05) is 48.5 Å². The normalized spacial score (nSPS) is 11.7. The molecule has 0 radical (unpaired) electrons. The number of thioether (sulfide) groups is 1. The molecule has 0 aliphatic rings. The first-order chi connectivity index (χ1) is 16.9. The number of ether oxygens (including phenoxy) is 2. The Morgan fingerprint density at radius 3 is 2.49 bits per heavy atom. The Hall–Kier alpha value is -3.78. The van der Waals surface area contributed by atoms with E-state index in [2.05, 4.69) is 15.5 Å². The molecule has 7 nitrogen and oxygen atoms in total. The first-order valence-corrected chi connectivity index (χ1v) is 12.0. The Kier molecular flexibility index (Phi) is 7.72. The fourth-order valence-electron chi connectivity index (χ4n) is 3.47. The number of carbonyl (C=O) groups is 1. The lowest BCUT2D eigenvalue weighted by Crippen LogP contribution is -2.19. The largest absolute Gasteiger partial charge is 0.495 e. The third-order valence-electron chi connectivity index (χ3n) is 5.32. The van der Waals surface area contributed by atoms with Crippen molar-refractivity contribution < 1.29 is 18.7 Å². The van der Waals surface area contributed by atoms with Crippen molar-refractivity contribution in [2.24, 2.45) is 0 Å². The van der Waals surface area contributed by atoms with Gasteiger partial charge in [-0.05, 0) is 73.0 Å². The number of nitrogens with one attached hydrogen (secondary N) is 1. The first kappa shape index (κ1) is 24.3. The predicted molar refractivity (Wildman–Crippen MR) is 136 cm³/mol. The Morgan fingerprint density at radius 2 is 1.71 bits per heavy atom. The molecule has 1 amide bonds. The van der Waals surface area contributed by atoms with Crippen molar-refractivity contribution in [1.29, 1.82) is 0 Å². The Bertz CT molecular complexity index is 1310. The molecular weight excluding hydrogens is 462 g/mol. The number of amides is 1. The van der Waals surface area contributed by atoms with Crippen LogP contribution in [0.5, 0.6) is 11.5 Å². The SMILES string of the molecule is COc1ccc(C)cc1NC(=O)C(Sc1nnc(COc2cc(C)ccc2C)o1)c1ccccc1. The third-order valence-corrected chi connectivity index (χ3v) is 6.40. The molecule has 8 heteroatoms. The lowest BCUT2D eigenvalue weighted by molar-refractivity contribution is -0.115. The van der Waals surface area contributed by atoms with Gasteiger partial charge < -0.3 is 19.2 Å². The number of methoxy groups -OCH3 is 1. The number of nitrogens with zero attached hydrogens (tertiary/aromatic N) is 2. The zero-order valence-electron chi connectivity index (χ0n) is 20.1. The number of aryl methyl sites for hydroxylation is 3. The molecule has 0 bridgehead atoms. The van der Waals surface area contributed by atoms with E-state index in [-0.39, 0.29) is 17.7 Å². The highest BCUT2D eigenvalue weighted by Crippen LogP contribution is 2.37. The van der Waals surface area contributed by atoms with Crippen LogP contribution in [0.25, 0.3) is 0 Å². The fraction of sp³-hybridized carbons (Fsp3) is 0.222. The topological polar surface area (TPSA) is 86.5 Å². The molecule has 0 aliphatic carbocycles. The smallest absolute Gasteiger partial charge is 0.277 e. The summed E-state index contributed by atoms with van der Waals surface area (Å²) in [6.07, 6.45) is 0. The van der Waals surface area contributed by atoms with Crippen molar-refractivity contribution in [3.05, 3.63) is 94.9 Å². The van der Waals surface area contributed by atoms with E-state index in [1.54, 1.807) is 7.11 Å². The average Bonchev–Trinajstić information content (AvgIpc) is 3.31. The van der Waals surface area contributed by atoms with Crippen LogP contribution in [0.15, 0.2) is 76.4 Å². The van der Waals surface area contributed by atoms with Crippen LogP contribution in [0.3, 0.4) is 0 Å². The summed E-state index contributed by atoms with van der Waals surface area (Å²) in [5, 5.41) is 10.9. The number of aromatic nitrogens is 2.